The molecule has 6 heteroatoms. The first kappa shape index (κ1) is 17.0. The molecular formula is C18H28N4O2. The van der Waals surface area contributed by atoms with Gasteiger partial charge in [-0.2, -0.15) is 0 Å². The van der Waals surface area contributed by atoms with E-state index >= 15 is 0 Å². The predicted octanol–water partition coefficient (Wildman–Crippen LogP) is 0.591. The number of carbonyl (C=O) groups is 1. The van der Waals surface area contributed by atoms with Gasteiger partial charge in [-0.3, -0.25) is 9.69 Å². The van der Waals surface area contributed by atoms with E-state index in [0.717, 1.165) is 58.1 Å². The van der Waals surface area contributed by atoms with Gasteiger partial charge >= 0.3 is 0 Å². The van der Waals surface area contributed by atoms with Crippen LogP contribution in [-0.2, 0) is 4.79 Å². The summed E-state index contributed by atoms with van der Waals surface area (Å²) in [4.78, 5) is 21.4. The molecule has 0 N–H and O–H groups in total. The van der Waals surface area contributed by atoms with E-state index in [1.54, 1.807) is 7.11 Å². The van der Waals surface area contributed by atoms with Gasteiger partial charge in [0.25, 0.3) is 0 Å². The molecule has 0 radical (unpaired) electrons. The molecule has 1 aromatic rings. The quantitative estimate of drug-likeness (QED) is 0.807. The number of hydrogen-bond acceptors (Lipinski definition) is 5. The van der Waals surface area contributed by atoms with Crippen molar-refractivity contribution in [3.8, 4) is 5.75 Å². The van der Waals surface area contributed by atoms with E-state index in [-0.39, 0.29) is 5.91 Å². The zero-order valence-corrected chi connectivity index (χ0v) is 14.8. The Morgan fingerprint density at radius 2 is 1.58 bits per heavy atom. The molecule has 0 bridgehead atoms. The Bertz CT molecular complexity index is 532. The van der Waals surface area contributed by atoms with Crippen LogP contribution in [0.5, 0.6) is 5.75 Å². The third kappa shape index (κ3) is 4.19. The molecule has 6 nitrogen and oxygen atoms in total. The van der Waals surface area contributed by atoms with E-state index in [9.17, 15) is 4.79 Å². The Morgan fingerprint density at radius 3 is 2.17 bits per heavy atom. The van der Waals surface area contributed by atoms with Gasteiger partial charge in [-0.05, 0) is 31.3 Å². The van der Waals surface area contributed by atoms with Crippen LogP contribution >= 0.6 is 0 Å². The van der Waals surface area contributed by atoms with Crippen LogP contribution in [0.1, 0.15) is 0 Å². The molecule has 0 aliphatic carbocycles. The first-order valence-electron chi connectivity index (χ1n) is 8.73. The maximum Gasteiger partial charge on any atom is 0.236 e. The van der Waals surface area contributed by atoms with Gasteiger partial charge in [-0.25, -0.2) is 0 Å². The van der Waals surface area contributed by atoms with E-state index < -0.39 is 0 Å². The summed E-state index contributed by atoms with van der Waals surface area (Å²) in [5, 5.41) is 0. The number of hydrogen-bond donors (Lipinski definition) is 0. The van der Waals surface area contributed by atoms with Gasteiger partial charge in [0.05, 0.1) is 13.7 Å². The van der Waals surface area contributed by atoms with Crippen molar-refractivity contribution in [1.82, 2.24) is 14.7 Å². The summed E-state index contributed by atoms with van der Waals surface area (Å²) in [6.45, 7) is 8.04. The van der Waals surface area contributed by atoms with Gasteiger partial charge < -0.3 is 19.4 Å². The summed E-state index contributed by atoms with van der Waals surface area (Å²) in [6, 6.07) is 8.20. The first-order valence-corrected chi connectivity index (χ1v) is 8.73. The molecule has 1 amide bonds. The largest absolute Gasteiger partial charge is 0.497 e. The van der Waals surface area contributed by atoms with Crippen LogP contribution < -0.4 is 9.64 Å². The summed E-state index contributed by atoms with van der Waals surface area (Å²) < 4.78 is 5.21. The second-order valence-corrected chi connectivity index (χ2v) is 6.65. The van der Waals surface area contributed by atoms with Crippen LogP contribution in [0.15, 0.2) is 24.3 Å². The number of ether oxygens (including phenoxy) is 1. The molecule has 2 aliphatic heterocycles. The molecule has 2 heterocycles. The zero-order chi connectivity index (χ0) is 16.9. The predicted molar refractivity (Wildman–Crippen MR) is 95.7 cm³/mol. The van der Waals surface area contributed by atoms with Gasteiger partial charge in [-0.1, -0.05) is 0 Å². The van der Waals surface area contributed by atoms with E-state index in [0.29, 0.717) is 6.54 Å². The summed E-state index contributed by atoms with van der Waals surface area (Å²) in [6.07, 6.45) is 0. The normalized spacial score (nSPS) is 20.2. The van der Waals surface area contributed by atoms with Gasteiger partial charge in [0.2, 0.25) is 5.91 Å². The van der Waals surface area contributed by atoms with Crippen LogP contribution in [0, 0.1) is 0 Å². The van der Waals surface area contributed by atoms with Gasteiger partial charge in [0.15, 0.2) is 0 Å². The number of benzene rings is 1. The number of piperazine rings is 2. The number of nitrogens with zero attached hydrogens (tertiary/aromatic N) is 4. The van der Waals surface area contributed by atoms with Crippen LogP contribution in [0.25, 0.3) is 0 Å². The van der Waals surface area contributed by atoms with E-state index in [1.165, 1.54) is 5.69 Å². The molecule has 0 unspecified atom stereocenters. The van der Waals surface area contributed by atoms with E-state index in [2.05, 4.69) is 33.9 Å². The lowest BCUT2D eigenvalue weighted by Gasteiger charge is -2.38. The van der Waals surface area contributed by atoms with Gasteiger partial charge in [0, 0.05) is 58.0 Å². The molecule has 2 fully saturated rings. The molecule has 3 rings (SSSR count). The highest BCUT2D eigenvalue weighted by Crippen LogP contribution is 2.20. The Labute approximate surface area is 144 Å². The fourth-order valence-corrected chi connectivity index (χ4v) is 3.30. The maximum atomic E-state index is 12.4. The third-order valence-corrected chi connectivity index (χ3v) is 5.02. The van der Waals surface area contributed by atoms with Crippen molar-refractivity contribution in [3.05, 3.63) is 24.3 Å². The third-order valence-electron chi connectivity index (χ3n) is 5.02. The van der Waals surface area contributed by atoms with Crippen molar-refractivity contribution in [2.24, 2.45) is 0 Å². The maximum absolute atomic E-state index is 12.4. The zero-order valence-electron chi connectivity index (χ0n) is 14.8. The summed E-state index contributed by atoms with van der Waals surface area (Å²) in [7, 11) is 3.80. The molecule has 2 saturated heterocycles. The van der Waals surface area contributed by atoms with E-state index in [1.807, 2.05) is 17.0 Å². The molecule has 0 aromatic heterocycles. The number of amides is 1. The van der Waals surface area contributed by atoms with Crippen molar-refractivity contribution in [2.45, 2.75) is 0 Å². The van der Waals surface area contributed by atoms with Crippen LogP contribution in [-0.4, -0.2) is 93.7 Å². The minimum Gasteiger partial charge on any atom is -0.497 e. The standard InChI is InChI=1S/C18H28N4O2/c1-19-7-11-22(12-8-19)18(23)15-20-9-13-21(14-10-20)16-3-5-17(24-2)6-4-16/h3-6H,7-15H2,1-2H3. The minimum absolute atomic E-state index is 0.279. The average molecular weight is 332 g/mol. The number of carbonyl (C=O) groups excluding carboxylic acids is 1. The first-order chi connectivity index (χ1) is 11.7. The highest BCUT2D eigenvalue weighted by atomic mass is 16.5. The molecule has 0 saturated carbocycles. The fourth-order valence-electron chi connectivity index (χ4n) is 3.30. The van der Waals surface area contributed by atoms with Crippen molar-refractivity contribution in [3.63, 3.8) is 0 Å². The average Bonchev–Trinajstić information content (AvgIpc) is 2.63. The summed E-state index contributed by atoms with van der Waals surface area (Å²) in [5.74, 6) is 1.16. The Balaban J connectivity index is 1.45. The van der Waals surface area contributed by atoms with Crippen molar-refractivity contribution in [1.29, 1.82) is 0 Å². The Morgan fingerprint density at radius 1 is 0.958 bits per heavy atom. The lowest BCUT2D eigenvalue weighted by Crippen LogP contribution is -2.53. The number of rotatable bonds is 4. The van der Waals surface area contributed by atoms with Crippen molar-refractivity contribution < 1.29 is 9.53 Å². The smallest absolute Gasteiger partial charge is 0.236 e. The highest BCUT2D eigenvalue weighted by molar-refractivity contribution is 5.78. The molecular weight excluding hydrogens is 304 g/mol. The fraction of sp³-hybridized carbons (Fsp3) is 0.611. The molecule has 2 aliphatic rings. The second-order valence-electron chi connectivity index (χ2n) is 6.65. The van der Waals surface area contributed by atoms with Gasteiger partial charge in [0.1, 0.15) is 5.75 Å². The van der Waals surface area contributed by atoms with E-state index in [4.69, 9.17) is 4.74 Å². The van der Waals surface area contributed by atoms with Crippen molar-refractivity contribution in [2.75, 3.05) is 78.0 Å². The Hall–Kier alpha value is -1.79. The minimum atomic E-state index is 0.279. The summed E-state index contributed by atoms with van der Waals surface area (Å²) >= 11 is 0. The molecule has 0 spiro atoms. The van der Waals surface area contributed by atoms with Gasteiger partial charge in [-0.15, -0.1) is 0 Å². The molecule has 132 valence electrons. The highest BCUT2D eigenvalue weighted by Gasteiger charge is 2.23. The molecule has 1 aromatic carbocycles. The molecule has 0 atom stereocenters. The van der Waals surface area contributed by atoms with Crippen LogP contribution in [0.3, 0.4) is 0 Å². The number of methoxy groups -OCH3 is 1. The Kier molecular flexibility index (Phi) is 5.58. The topological polar surface area (TPSA) is 39.3 Å². The monoisotopic (exact) mass is 332 g/mol. The van der Waals surface area contributed by atoms with Crippen LogP contribution in [0.2, 0.25) is 0 Å². The number of anilines is 1. The van der Waals surface area contributed by atoms with Crippen molar-refractivity contribution >= 4 is 11.6 Å². The van der Waals surface area contributed by atoms with Crippen LogP contribution in [0.4, 0.5) is 5.69 Å². The SMILES string of the molecule is COc1ccc(N2CCN(CC(=O)N3CCN(C)CC3)CC2)cc1. The lowest BCUT2D eigenvalue weighted by atomic mass is 10.2. The lowest BCUT2D eigenvalue weighted by molar-refractivity contribution is -0.134. The second kappa shape index (κ2) is 7.85. The number of likely N-dealkylation sites (N-methyl/N-ethyl adjacent to an activating group) is 1. The summed E-state index contributed by atoms with van der Waals surface area (Å²) in [5.41, 5.74) is 1.22. The molecule has 24 heavy (non-hydrogen) atoms.